The van der Waals surface area contributed by atoms with E-state index in [1.807, 2.05) is 0 Å². The van der Waals surface area contributed by atoms with Gasteiger partial charge >= 0.3 is 0 Å². The lowest BCUT2D eigenvalue weighted by molar-refractivity contribution is -0.151. The van der Waals surface area contributed by atoms with Gasteiger partial charge in [-0.05, 0) is 16.1 Å². The number of nitrogens with zero attached hydrogens (tertiary/aromatic N) is 1. The minimum Gasteiger partial charge on any atom is -0.399 e. The number of aliphatic hydroxyl groups is 1. The van der Waals surface area contributed by atoms with Crippen molar-refractivity contribution < 1.29 is 23.9 Å². The molecule has 27 heavy (non-hydrogen) atoms. The Balaban J connectivity index is 2.22. The van der Waals surface area contributed by atoms with Gasteiger partial charge in [0.25, 0.3) is 5.91 Å². The van der Waals surface area contributed by atoms with Crippen LogP contribution in [0.3, 0.4) is 0 Å². The number of piperidine rings is 1. The highest BCUT2D eigenvalue weighted by molar-refractivity contribution is 6.58. The minimum absolute atomic E-state index is 0.0143. The maximum atomic E-state index is 14.5. The third-order valence-corrected chi connectivity index (χ3v) is 6.92. The van der Waals surface area contributed by atoms with Crippen molar-refractivity contribution in [3.8, 4) is 0 Å². The van der Waals surface area contributed by atoms with E-state index < -0.39 is 39.7 Å². The molecule has 0 saturated carbocycles. The summed E-state index contributed by atoms with van der Waals surface area (Å²) in [5.74, 6) is -2.62. The quantitative estimate of drug-likeness (QED) is 0.260. The highest BCUT2D eigenvalue weighted by Gasteiger charge is 2.66. The molecule has 2 aliphatic rings. The number of benzene rings is 1. The van der Waals surface area contributed by atoms with Gasteiger partial charge in [0, 0.05) is 23.4 Å². The summed E-state index contributed by atoms with van der Waals surface area (Å²) in [5.41, 5.74) is 3.76. The summed E-state index contributed by atoms with van der Waals surface area (Å²) in [4.78, 5) is 39.6. The number of anilines is 1. The van der Waals surface area contributed by atoms with E-state index >= 15 is 0 Å². The van der Waals surface area contributed by atoms with Crippen LogP contribution in [0.15, 0.2) is 0 Å². The van der Waals surface area contributed by atoms with Crippen molar-refractivity contribution in [2.24, 2.45) is 0 Å². The van der Waals surface area contributed by atoms with Crippen LogP contribution >= 0.6 is 0 Å². The molecule has 2 heterocycles. The van der Waals surface area contributed by atoms with Crippen molar-refractivity contribution in [3.05, 3.63) is 16.9 Å². The van der Waals surface area contributed by atoms with Gasteiger partial charge in [0.2, 0.25) is 11.8 Å². The molecule has 3 rings (SSSR count). The second kappa shape index (κ2) is 5.47. The number of nitrogen functional groups attached to an aromatic ring is 1. The zero-order valence-electron chi connectivity index (χ0n) is 16.3. The van der Waals surface area contributed by atoms with Crippen LogP contribution in [0.25, 0.3) is 0 Å². The summed E-state index contributed by atoms with van der Waals surface area (Å²) in [6.45, 7) is -0.0143. The third kappa shape index (κ3) is 2.10. The highest BCUT2D eigenvalue weighted by Crippen LogP contribution is 2.48. The first-order valence-electron chi connectivity index (χ1n) is 8.68. The molecule has 14 heteroatoms. The number of rotatable bonds is 1. The predicted octanol–water partition coefficient (Wildman–Crippen LogP) is -8.43. The molecule has 1 aromatic rings. The maximum Gasteiger partial charge on any atom is 0.254 e. The molecule has 1 fully saturated rings. The highest BCUT2D eigenvalue weighted by atomic mass is 19.1. The summed E-state index contributed by atoms with van der Waals surface area (Å²) in [6.07, 6.45) is 0. The van der Waals surface area contributed by atoms with Gasteiger partial charge in [0.15, 0.2) is 7.85 Å². The molecule has 0 aromatic heterocycles. The number of hydrogen-bond acceptors (Lipinski definition) is 5. The maximum absolute atomic E-state index is 14.5. The lowest BCUT2D eigenvalue weighted by atomic mass is 9.29. The standard InChI is InChI=1S/C13H18B6FN3O4/c14-4-3-2(7(21)5(15)6(4)20)1-23(8(3)24)11(16)9(25)22-10(26)12(17,27)13(11,18)19/h27H,1,14-19,21H2,(H,22,25,26)/t11-,12?/m1/s1. The molecule has 7 nitrogen and oxygen atoms in total. The predicted molar refractivity (Wildman–Crippen MR) is 115 cm³/mol. The van der Waals surface area contributed by atoms with Gasteiger partial charge in [0.05, 0.1) is 5.44 Å². The number of fused-ring (bicyclic) bond motifs is 1. The molecule has 0 aliphatic carbocycles. The van der Waals surface area contributed by atoms with E-state index in [-0.39, 0.29) is 28.7 Å². The van der Waals surface area contributed by atoms with Gasteiger partial charge in [0.1, 0.15) is 50.5 Å². The van der Waals surface area contributed by atoms with E-state index in [0.717, 1.165) is 0 Å². The van der Waals surface area contributed by atoms with Crippen LogP contribution in [0.4, 0.5) is 10.1 Å². The average molecular weight is 364 g/mol. The van der Waals surface area contributed by atoms with Gasteiger partial charge in [-0.1, -0.05) is 0 Å². The molecule has 134 valence electrons. The van der Waals surface area contributed by atoms with Crippen LogP contribution in [0.5, 0.6) is 0 Å². The first-order valence-corrected chi connectivity index (χ1v) is 8.68. The fourth-order valence-corrected chi connectivity index (χ4v) is 4.12. The van der Waals surface area contributed by atoms with Crippen LogP contribution in [0.2, 0.25) is 5.21 Å². The van der Waals surface area contributed by atoms with Gasteiger partial charge in [-0.25, -0.2) is 4.39 Å². The van der Waals surface area contributed by atoms with Gasteiger partial charge in [-0.3, -0.25) is 19.7 Å². The molecule has 1 saturated heterocycles. The molecular weight excluding hydrogens is 346 g/mol. The fraction of sp³-hybridized carbons (Fsp3) is 0.308. The smallest absolute Gasteiger partial charge is 0.254 e. The van der Waals surface area contributed by atoms with Crippen molar-refractivity contribution in [2.75, 3.05) is 5.73 Å². The summed E-state index contributed by atoms with van der Waals surface area (Å²) in [6, 6.07) is 0. The lowest BCUT2D eigenvalue weighted by Gasteiger charge is -2.57. The number of amides is 3. The number of nitrogens with two attached hydrogens (primary N) is 1. The molecule has 4 N–H and O–H groups in total. The summed E-state index contributed by atoms with van der Waals surface area (Å²) >= 11 is 0. The van der Waals surface area contributed by atoms with E-state index in [1.54, 1.807) is 15.7 Å². The topological polar surface area (TPSA) is 113 Å². The summed E-state index contributed by atoms with van der Waals surface area (Å²) in [5, 5.41) is 11.6. The molecule has 1 aromatic carbocycles. The molecule has 3 amide bonds. The Morgan fingerprint density at radius 3 is 2.19 bits per heavy atom. The van der Waals surface area contributed by atoms with Gasteiger partial charge < -0.3 is 15.7 Å². The van der Waals surface area contributed by atoms with Crippen LogP contribution in [-0.2, 0) is 16.1 Å². The van der Waals surface area contributed by atoms with Gasteiger partial charge in [-0.15, -0.1) is 0 Å². The zero-order chi connectivity index (χ0) is 20.7. The number of nitrogens with one attached hydrogen (secondary N) is 1. The van der Waals surface area contributed by atoms with Crippen molar-refractivity contribution in [3.63, 3.8) is 0 Å². The minimum atomic E-state index is -1.91. The summed E-state index contributed by atoms with van der Waals surface area (Å²) < 4.78 is 14.5. The van der Waals surface area contributed by atoms with E-state index in [4.69, 9.17) is 5.73 Å². The van der Waals surface area contributed by atoms with Crippen molar-refractivity contribution in [1.82, 2.24) is 10.2 Å². The second-order valence-corrected chi connectivity index (χ2v) is 8.28. The second-order valence-electron chi connectivity index (χ2n) is 8.28. The van der Waals surface area contributed by atoms with E-state index in [0.29, 0.717) is 5.56 Å². The molecule has 2 atom stereocenters. The Morgan fingerprint density at radius 2 is 1.63 bits per heavy atom. The Labute approximate surface area is 161 Å². The molecule has 0 spiro atoms. The SMILES string of the molecule is Bc1c(N)c2c(c(B)c1F)C(=O)N([C@]1(B)C(=O)NC(=O)C(B)(O)C1(B)B)C2. The number of halogens is 1. The Morgan fingerprint density at radius 1 is 1.07 bits per heavy atom. The third-order valence-electron chi connectivity index (χ3n) is 6.92. The summed E-state index contributed by atoms with van der Waals surface area (Å²) in [7, 11) is 8.96. The molecule has 0 radical (unpaired) electrons. The zero-order valence-corrected chi connectivity index (χ0v) is 16.3. The Bertz CT molecular complexity index is 939. The first kappa shape index (κ1) is 19.7. The van der Waals surface area contributed by atoms with Gasteiger partial charge in [-0.2, -0.15) is 0 Å². The fourth-order valence-electron chi connectivity index (χ4n) is 4.12. The molecule has 0 bridgehead atoms. The lowest BCUT2D eigenvalue weighted by Crippen LogP contribution is -2.79. The van der Waals surface area contributed by atoms with Crippen LogP contribution in [-0.4, -0.2) is 85.7 Å². The average Bonchev–Trinajstić information content (AvgIpc) is 2.93. The van der Waals surface area contributed by atoms with Crippen molar-refractivity contribution >= 4 is 81.4 Å². The number of carbonyl (C=O) groups excluding carboxylic acids is 3. The largest absolute Gasteiger partial charge is 0.399 e. The van der Waals surface area contributed by atoms with Crippen LogP contribution < -0.4 is 22.0 Å². The number of carbonyl (C=O) groups is 3. The van der Waals surface area contributed by atoms with E-state index in [9.17, 15) is 23.9 Å². The van der Waals surface area contributed by atoms with E-state index in [1.165, 1.54) is 36.3 Å². The molecular formula is C13H18B6FN3O4. The Hall–Kier alpha value is -2.09. The van der Waals surface area contributed by atoms with Crippen LogP contribution in [0.1, 0.15) is 15.9 Å². The first-order chi connectivity index (χ1) is 12.2. The van der Waals surface area contributed by atoms with E-state index in [2.05, 4.69) is 5.32 Å². The van der Waals surface area contributed by atoms with Crippen molar-refractivity contribution in [2.45, 2.75) is 22.7 Å². The van der Waals surface area contributed by atoms with Crippen LogP contribution in [0, 0.1) is 5.82 Å². The normalized spacial score (nSPS) is 29.6. The molecule has 1 unspecified atom stereocenters. The monoisotopic (exact) mass is 365 g/mol. The number of imide groups is 1. The number of hydrogen-bond donors (Lipinski definition) is 3. The Kier molecular flexibility index (Phi) is 3.98. The van der Waals surface area contributed by atoms with Crippen molar-refractivity contribution in [1.29, 1.82) is 0 Å². The molecule has 2 aliphatic heterocycles.